The van der Waals surface area contributed by atoms with Crippen molar-refractivity contribution >= 4 is 5.97 Å². The second-order valence-electron chi connectivity index (χ2n) is 3.51. The van der Waals surface area contributed by atoms with Crippen molar-refractivity contribution in [2.75, 3.05) is 20.2 Å². The lowest BCUT2D eigenvalue weighted by Crippen LogP contribution is -2.11. The SMILES string of the molecule is COC(=O)c1cnc(C2CCNC2)nc1. The van der Waals surface area contributed by atoms with Crippen LogP contribution in [0.15, 0.2) is 12.4 Å². The average molecular weight is 207 g/mol. The molecule has 0 bridgehead atoms. The number of hydrogen-bond donors (Lipinski definition) is 1. The van der Waals surface area contributed by atoms with Crippen molar-refractivity contribution < 1.29 is 9.53 Å². The molecule has 1 aromatic rings. The fourth-order valence-corrected chi connectivity index (χ4v) is 1.65. The first kappa shape index (κ1) is 10.0. The second-order valence-corrected chi connectivity index (χ2v) is 3.51. The lowest BCUT2D eigenvalue weighted by Gasteiger charge is -2.06. The van der Waals surface area contributed by atoms with Crippen molar-refractivity contribution in [1.29, 1.82) is 0 Å². The topological polar surface area (TPSA) is 64.1 Å². The van der Waals surface area contributed by atoms with E-state index >= 15 is 0 Å². The Kier molecular flexibility index (Phi) is 2.91. The van der Waals surface area contributed by atoms with Gasteiger partial charge in [-0.15, -0.1) is 0 Å². The Balaban J connectivity index is 2.12. The van der Waals surface area contributed by atoms with Crippen LogP contribution in [0.5, 0.6) is 0 Å². The molecule has 0 radical (unpaired) electrons. The minimum absolute atomic E-state index is 0.372. The Morgan fingerprint density at radius 1 is 1.53 bits per heavy atom. The predicted molar refractivity (Wildman–Crippen MR) is 53.6 cm³/mol. The standard InChI is InChI=1S/C10H13N3O2/c1-15-10(14)8-5-12-9(13-6-8)7-2-3-11-4-7/h5-7,11H,2-4H2,1H3. The molecule has 5 nitrogen and oxygen atoms in total. The summed E-state index contributed by atoms with van der Waals surface area (Å²) >= 11 is 0. The smallest absolute Gasteiger partial charge is 0.341 e. The first-order chi connectivity index (χ1) is 7.31. The molecule has 15 heavy (non-hydrogen) atoms. The van der Waals surface area contributed by atoms with Gasteiger partial charge in [0.25, 0.3) is 0 Å². The number of hydrogen-bond acceptors (Lipinski definition) is 5. The summed E-state index contributed by atoms with van der Waals surface area (Å²) in [4.78, 5) is 19.5. The van der Waals surface area contributed by atoms with Crippen molar-refractivity contribution in [2.24, 2.45) is 0 Å². The first-order valence-corrected chi connectivity index (χ1v) is 4.92. The number of ether oxygens (including phenoxy) is 1. The highest BCUT2D eigenvalue weighted by atomic mass is 16.5. The van der Waals surface area contributed by atoms with E-state index in [2.05, 4.69) is 20.0 Å². The van der Waals surface area contributed by atoms with Crippen molar-refractivity contribution in [1.82, 2.24) is 15.3 Å². The molecular weight excluding hydrogens is 194 g/mol. The molecule has 1 atom stereocenters. The first-order valence-electron chi connectivity index (χ1n) is 4.92. The summed E-state index contributed by atoms with van der Waals surface area (Å²) in [6.45, 7) is 1.92. The highest BCUT2D eigenvalue weighted by Crippen LogP contribution is 2.17. The van der Waals surface area contributed by atoms with Gasteiger partial charge in [-0.05, 0) is 13.0 Å². The van der Waals surface area contributed by atoms with Crippen LogP contribution in [0.1, 0.15) is 28.5 Å². The zero-order chi connectivity index (χ0) is 10.7. The largest absolute Gasteiger partial charge is 0.465 e. The molecule has 1 aliphatic heterocycles. The molecule has 2 rings (SSSR count). The third kappa shape index (κ3) is 2.12. The molecule has 5 heteroatoms. The van der Waals surface area contributed by atoms with Crippen molar-refractivity contribution in [3.63, 3.8) is 0 Å². The number of nitrogens with one attached hydrogen (secondary N) is 1. The molecule has 1 aromatic heterocycles. The van der Waals surface area contributed by atoms with E-state index in [-0.39, 0.29) is 0 Å². The van der Waals surface area contributed by atoms with Crippen molar-refractivity contribution in [2.45, 2.75) is 12.3 Å². The Labute approximate surface area is 87.9 Å². The van der Waals surface area contributed by atoms with Crippen LogP contribution >= 0.6 is 0 Å². The maximum absolute atomic E-state index is 11.1. The van der Waals surface area contributed by atoms with Gasteiger partial charge < -0.3 is 10.1 Å². The lowest BCUT2D eigenvalue weighted by atomic mass is 10.1. The fourth-order valence-electron chi connectivity index (χ4n) is 1.65. The van der Waals surface area contributed by atoms with Crippen LogP contribution in [0, 0.1) is 0 Å². The van der Waals surface area contributed by atoms with Gasteiger partial charge in [-0.1, -0.05) is 0 Å². The molecule has 1 N–H and O–H groups in total. The summed E-state index contributed by atoms with van der Waals surface area (Å²) < 4.78 is 4.57. The maximum Gasteiger partial charge on any atom is 0.341 e. The zero-order valence-electron chi connectivity index (χ0n) is 8.56. The molecule has 0 amide bonds. The van der Waals surface area contributed by atoms with Crippen molar-refractivity contribution in [3.05, 3.63) is 23.8 Å². The van der Waals surface area contributed by atoms with Crippen LogP contribution in [0.4, 0.5) is 0 Å². The van der Waals surface area contributed by atoms with E-state index in [9.17, 15) is 4.79 Å². The van der Waals surface area contributed by atoms with Gasteiger partial charge >= 0.3 is 5.97 Å². The van der Waals surface area contributed by atoms with Crippen LogP contribution in [-0.4, -0.2) is 36.1 Å². The van der Waals surface area contributed by atoms with Gasteiger partial charge in [0, 0.05) is 24.9 Å². The fraction of sp³-hybridized carbons (Fsp3) is 0.500. The Morgan fingerprint density at radius 2 is 2.27 bits per heavy atom. The Hall–Kier alpha value is -1.49. The molecular formula is C10H13N3O2. The molecule has 0 spiro atoms. The third-order valence-electron chi connectivity index (χ3n) is 2.52. The molecule has 0 saturated carbocycles. The van der Waals surface area contributed by atoms with Gasteiger partial charge in [-0.25, -0.2) is 14.8 Å². The van der Waals surface area contributed by atoms with E-state index in [4.69, 9.17) is 0 Å². The molecule has 1 saturated heterocycles. The van der Waals surface area contributed by atoms with E-state index < -0.39 is 5.97 Å². The molecule has 0 aromatic carbocycles. The van der Waals surface area contributed by atoms with E-state index in [0.29, 0.717) is 11.5 Å². The molecule has 2 heterocycles. The summed E-state index contributed by atoms with van der Waals surface area (Å²) in [5.41, 5.74) is 0.396. The van der Waals surface area contributed by atoms with Crippen molar-refractivity contribution in [3.8, 4) is 0 Å². The minimum atomic E-state index is -0.397. The number of carbonyl (C=O) groups excluding carboxylic acids is 1. The van der Waals surface area contributed by atoms with Crippen LogP contribution in [0.2, 0.25) is 0 Å². The van der Waals surface area contributed by atoms with E-state index in [1.165, 1.54) is 19.5 Å². The van der Waals surface area contributed by atoms with Crippen LogP contribution in [0.3, 0.4) is 0 Å². The summed E-state index contributed by atoms with van der Waals surface area (Å²) in [5.74, 6) is 0.774. The number of methoxy groups -OCH3 is 1. The second kappa shape index (κ2) is 4.35. The highest BCUT2D eigenvalue weighted by Gasteiger charge is 2.19. The minimum Gasteiger partial charge on any atom is -0.465 e. The number of aromatic nitrogens is 2. The van der Waals surface area contributed by atoms with E-state index in [1.807, 2.05) is 0 Å². The quantitative estimate of drug-likeness (QED) is 0.708. The van der Waals surface area contributed by atoms with Gasteiger partial charge in [-0.2, -0.15) is 0 Å². The maximum atomic E-state index is 11.1. The molecule has 80 valence electrons. The molecule has 1 aliphatic rings. The summed E-state index contributed by atoms with van der Waals surface area (Å²) in [6.07, 6.45) is 4.09. The molecule has 0 aliphatic carbocycles. The summed E-state index contributed by atoms with van der Waals surface area (Å²) in [7, 11) is 1.34. The van der Waals surface area contributed by atoms with Crippen LogP contribution in [-0.2, 0) is 4.74 Å². The van der Waals surface area contributed by atoms with Gasteiger partial charge in [0.2, 0.25) is 0 Å². The average Bonchev–Trinajstić information content (AvgIpc) is 2.82. The van der Waals surface area contributed by atoms with E-state index in [0.717, 1.165) is 25.3 Å². The van der Waals surface area contributed by atoms with Crippen LogP contribution < -0.4 is 5.32 Å². The normalized spacial score (nSPS) is 20.2. The summed E-state index contributed by atoms with van der Waals surface area (Å²) in [6, 6.07) is 0. The third-order valence-corrected chi connectivity index (χ3v) is 2.52. The Bertz CT molecular complexity index is 344. The van der Waals surface area contributed by atoms with Gasteiger partial charge in [-0.3, -0.25) is 0 Å². The summed E-state index contributed by atoms with van der Waals surface area (Å²) in [5, 5.41) is 3.25. The number of rotatable bonds is 2. The lowest BCUT2D eigenvalue weighted by molar-refractivity contribution is 0.0599. The predicted octanol–water partition coefficient (Wildman–Crippen LogP) is 0.340. The number of esters is 1. The zero-order valence-corrected chi connectivity index (χ0v) is 8.56. The van der Waals surface area contributed by atoms with Gasteiger partial charge in [0.1, 0.15) is 5.82 Å². The monoisotopic (exact) mass is 207 g/mol. The molecule has 1 unspecified atom stereocenters. The number of carbonyl (C=O) groups is 1. The number of nitrogens with zero attached hydrogens (tertiary/aromatic N) is 2. The van der Waals surface area contributed by atoms with E-state index in [1.54, 1.807) is 0 Å². The molecule has 1 fully saturated rings. The van der Waals surface area contributed by atoms with Gasteiger partial charge in [0.15, 0.2) is 0 Å². The van der Waals surface area contributed by atoms with Crippen LogP contribution in [0.25, 0.3) is 0 Å². The Morgan fingerprint density at radius 3 is 2.80 bits per heavy atom. The van der Waals surface area contributed by atoms with Gasteiger partial charge in [0.05, 0.1) is 12.7 Å². The highest BCUT2D eigenvalue weighted by molar-refractivity contribution is 5.88.